The van der Waals surface area contributed by atoms with Crippen LogP contribution in [-0.4, -0.2) is 19.9 Å². The van der Waals surface area contributed by atoms with Gasteiger partial charge in [-0.05, 0) is 25.1 Å². The Labute approximate surface area is 92.4 Å². The van der Waals surface area contributed by atoms with Crippen LogP contribution in [0.1, 0.15) is 5.69 Å². The summed E-state index contributed by atoms with van der Waals surface area (Å²) in [5, 5.41) is 0. The van der Waals surface area contributed by atoms with Crippen molar-refractivity contribution in [3.8, 4) is 11.3 Å². The molecule has 0 amide bonds. The lowest BCUT2D eigenvalue weighted by molar-refractivity contribution is 1.19. The van der Waals surface area contributed by atoms with E-state index in [0.29, 0.717) is 0 Å². The normalized spacial score (nSPS) is 10.8. The van der Waals surface area contributed by atoms with Gasteiger partial charge in [0.15, 0.2) is 5.65 Å². The van der Waals surface area contributed by atoms with Gasteiger partial charge in [-0.1, -0.05) is 0 Å². The zero-order valence-corrected chi connectivity index (χ0v) is 8.81. The van der Waals surface area contributed by atoms with E-state index in [0.717, 1.165) is 28.1 Å². The zero-order valence-electron chi connectivity index (χ0n) is 8.81. The topological polar surface area (TPSA) is 54.5 Å². The van der Waals surface area contributed by atoms with Crippen molar-refractivity contribution in [2.24, 2.45) is 0 Å². The van der Waals surface area contributed by atoms with Crippen molar-refractivity contribution in [3.63, 3.8) is 0 Å². The molecule has 3 heterocycles. The molecule has 4 nitrogen and oxygen atoms in total. The van der Waals surface area contributed by atoms with Crippen LogP contribution in [0.15, 0.2) is 36.8 Å². The summed E-state index contributed by atoms with van der Waals surface area (Å²) in [6, 6.07) is 5.89. The van der Waals surface area contributed by atoms with E-state index in [4.69, 9.17) is 0 Å². The smallest absolute Gasteiger partial charge is 0.156 e. The van der Waals surface area contributed by atoms with Crippen molar-refractivity contribution in [3.05, 3.63) is 42.5 Å². The minimum Gasteiger partial charge on any atom is -0.345 e. The molecule has 0 spiro atoms. The summed E-state index contributed by atoms with van der Waals surface area (Å²) in [6.45, 7) is 1.96. The minimum absolute atomic E-state index is 0.809. The van der Waals surface area contributed by atoms with Crippen LogP contribution in [0.5, 0.6) is 0 Å². The molecule has 0 saturated heterocycles. The summed E-state index contributed by atoms with van der Waals surface area (Å²) < 4.78 is 0. The van der Waals surface area contributed by atoms with Crippen LogP contribution in [0.4, 0.5) is 0 Å². The highest BCUT2D eigenvalue weighted by molar-refractivity contribution is 5.73. The molecule has 3 aromatic heterocycles. The first-order valence-electron chi connectivity index (χ1n) is 5.06. The van der Waals surface area contributed by atoms with E-state index in [1.165, 1.54) is 0 Å². The molecular formula is C12H10N4. The van der Waals surface area contributed by atoms with Crippen molar-refractivity contribution < 1.29 is 0 Å². The minimum atomic E-state index is 0.809. The van der Waals surface area contributed by atoms with Gasteiger partial charge in [-0.3, -0.25) is 4.98 Å². The van der Waals surface area contributed by atoms with Gasteiger partial charge in [-0.15, -0.1) is 0 Å². The average Bonchev–Trinajstić information content (AvgIpc) is 2.77. The number of nitrogens with one attached hydrogen (secondary N) is 1. The third-order valence-electron chi connectivity index (χ3n) is 2.47. The summed E-state index contributed by atoms with van der Waals surface area (Å²) >= 11 is 0. The molecule has 0 aliphatic carbocycles. The molecule has 0 atom stereocenters. The van der Waals surface area contributed by atoms with Gasteiger partial charge < -0.3 is 4.98 Å². The molecule has 0 unspecified atom stereocenters. The van der Waals surface area contributed by atoms with E-state index >= 15 is 0 Å². The van der Waals surface area contributed by atoms with E-state index in [1.807, 2.05) is 37.5 Å². The van der Waals surface area contributed by atoms with E-state index in [2.05, 4.69) is 19.9 Å². The Bertz CT molecular complexity index is 625. The molecule has 0 radical (unpaired) electrons. The van der Waals surface area contributed by atoms with Crippen LogP contribution < -0.4 is 0 Å². The molecule has 0 aliphatic heterocycles. The van der Waals surface area contributed by atoms with Crippen molar-refractivity contribution >= 4 is 11.2 Å². The number of aryl methyl sites for hydroxylation is 1. The zero-order chi connectivity index (χ0) is 11.0. The average molecular weight is 210 g/mol. The number of H-pyrrole nitrogens is 1. The standard InChI is InChI=1S/C12H10N4/c1-8-2-3-9(6-14-8)11-7-15-12-10(16-11)4-5-13-12/h2-7H,1H3,(H,13,15). The number of aromatic amines is 1. The molecule has 4 heteroatoms. The monoisotopic (exact) mass is 210 g/mol. The van der Waals surface area contributed by atoms with Crippen molar-refractivity contribution in [2.45, 2.75) is 6.92 Å². The SMILES string of the molecule is Cc1ccc(-c2cnc3[nH]ccc3n2)cn1. The number of hydrogen-bond donors (Lipinski definition) is 1. The van der Waals surface area contributed by atoms with Crippen LogP contribution in [0.25, 0.3) is 22.4 Å². The van der Waals surface area contributed by atoms with Crippen molar-refractivity contribution in [2.75, 3.05) is 0 Å². The van der Waals surface area contributed by atoms with Gasteiger partial charge in [0.05, 0.1) is 11.9 Å². The molecule has 0 aromatic carbocycles. The van der Waals surface area contributed by atoms with Crippen LogP contribution in [0.2, 0.25) is 0 Å². The molecule has 78 valence electrons. The molecule has 3 rings (SSSR count). The van der Waals surface area contributed by atoms with Gasteiger partial charge in [-0.2, -0.15) is 0 Å². The fraction of sp³-hybridized carbons (Fsp3) is 0.0833. The maximum atomic E-state index is 4.50. The van der Waals surface area contributed by atoms with Gasteiger partial charge in [0.25, 0.3) is 0 Å². The summed E-state index contributed by atoms with van der Waals surface area (Å²) in [7, 11) is 0. The largest absolute Gasteiger partial charge is 0.345 e. The van der Waals surface area contributed by atoms with Gasteiger partial charge >= 0.3 is 0 Å². The molecule has 0 bridgehead atoms. The summed E-state index contributed by atoms with van der Waals surface area (Å²) in [5.74, 6) is 0. The number of hydrogen-bond acceptors (Lipinski definition) is 3. The Morgan fingerprint density at radius 2 is 2.00 bits per heavy atom. The highest BCUT2D eigenvalue weighted by atomic mass is 14.9. The van der Waals surface area contributed by atoms with Crippen LogP contribution in [0, 0.1) is 6.92 Å². The lowest BCUT2D eigenvalue weighted by Gasteiger charge is -2.00. The van der Waals surface area contributed by atoms with E-state index in [1.54, 1.807) is 6.20 Å². The predicted molar refractivity (Wildman–Crippen MR) is 61.9 cm³/mol. The third kappa shape index (κ3) is 1.44. The van der Waals surface area contributed by atoms with E-state index < -0.39 is 0 Å². The molecule has 0 aliphatic rings. The number of rotatable bonds is 1. The summed E-state index contributed by atoms with van der Waals surface area (Å²) in [4.78, 5) is 16.1. The van der Waals surface area contributed by atoms with Gasteiger partial charge in [0.1, 0.15) is 5.52 Å². The maximum Gasteiger partial charge on any atom is 0.156 e. The Balaban J connectivity index is 2.14. The lowest BCUT2D eigenvalue weighted by atomic mass is 10.2. The second kappa shape index (κ2) is 3.41. The number of pyridine rings is 1. The molecule has 16 heavy (non-hydrogen) atoms. The Morgan fingerprint density at radius 1 is 1.06 bits per heavy atom. The van der Waals surface area contributed by atoms with Crippen molar-refractivity contribution in [1.29, 1.82) is 0 Å². The van der Waals surface area contributed by atoms with Gasteiger partial charge in [0.2, 0.25) is 0 Å². The first-order chi connectivity index (χ1) is 7.83. The fourth-order valence-corrected chi connectivity index (χ4v) is 1.59. The quantitative estimate of drug-likeness (QED) is 0.670. The Morgan fingerprint density at radius 3 is 2.81 bits per heavy atom. The molecule has 1 N–H and O–H groups in total. The predicted octanol–water partition coefficient (Wildman–Crippen LogP) is 2.33. The first-order valence-corrected chi connectivity index (χ1v) is 5.06. The third-order valence-corrected chi connectivity index (χ3v) is 2.47. The van der Waals surface area contributed by atoms with Crippen molar-refractivity contribution in [1.82, 2.24) is 19.9 Å². The highest BCUT2D eigenvalue weighted by Crippen LogP contribution is 2.17. The van der Waals surface area contributed by atoms with Gasteiger partial charge in [-0.25, -0.2) is 9.97 Å². The second-order valence-corrected chi connectivity index (χ2v) is 3.66. The number of fused-ring (bicyclic) bond motifs is 1. The highest BCUT2D eigenvalue weighted by Gasteiger charge is 2.03. The van der Waals surface area contributed by atoms with Crippen LogP contribution in [-0.2, 0) is 0 Å². The van der Waals surface area contributed by atoms with Gasteiger partial charge in [0, 0.05) is 23.7 Å². The first kappa shape index (κ1) is 9.03. The summed E-state index contributed by atoms with van der Waals surface area (Å²) in [6.07, 6.45) is 5.41. The molecule has 0 saturated carbocycles. The number of aromatic nitrogens is 4. The molecule has 0 fully saturated rings. The Kier molecular flexibility index (Phi) is 1.93. The van der Waals surface area contributed by atoms with Crippen LogP contribution >= 0.6 is 0 Å². The fourth-order valence-electron chi connectivity index (χ4n) is 1.59. The molecule has 3 aromatic rings. The number of nitrogens with zero attached hydrogens (tertiary/aromatic N) is 3. The lowest BCUT2D eigenvalue weighted by Crippen LogP contribution is -1.88. The van der Waals surface area contributed by atoms with E-state index in [-0.39, 0.29) is 0 Å². The Hall–Kier alpha value is -2.23. The second-order valence-electron chi connectivity index (χ2n) is 3.66. The molecular weight excluding hydrogens is 200 g/mol. The summed E-state index contributed by atoms with van der Waals surface area (Å²) in [5.41, 5.74) is 4.52. The maximum absolute atomic E-state index is 4.50. The van der Waals surface area contributed by atoms with Crippen LogP contribution in [0.3, 0.4) is 0 Å². The van der Waals surface area contributed by atoms with E-state index in [9.17, 15) is 0 Å².